The van der Waals surface area contributed by atoms with Gasteiger partial charge in [-0.2, -0.15) is 0 Å². The smallest absolute Gasteiger partial charge is 0.0499 e. The van der Waals surface area contributed by atoms with E-state index < -0.39 is 0 Å². The molecule has 1 saturated carbocycles. The summed E-state index contributed by atoms with van der Waals surface area (Å²) in [5, 5.41) is 9.83. The van der Waals surface area contributed by atoms with Crippen molar-refractivity contribution in [1.82, 2.24) is 9.80 Å². The van der Waals surface area contributed by atoms with Crippen molar-refractivity contribution in [3.05, 3.63) is 0 Å². The van der Waals surface area contributed by atoms with Crippen LogP contribution in [0, 0.1) is 5.41 Å². The van der Waals surface area contributed by atoms with E-state index in [9.17, 15) is 5.11 Å². The van der Waals surface area contributed by atoms with E-state index in [1.165, 1.54) is 64.6 Å². The number of piperazine rings is 1. The Hall–Kier alpha value is -0.120. The zero-order valence-electron chi connectivity index (χ0n) is 12.5. The molecule has 2 unspecified atom stereocenters. The van der Waals surface area contributed by atoms with Gasteiger partial charge in [-0.05, 0) is 39.2 Å². The fraction of sp³-hybridized carbons (Fsp3) is 1.00. The minimum Gasteiger partial charge on any atom is -0.396 e. The van der Waals surface area contributed by atoms with E-state index in [1.807, 2.05) is 0 Å². The Morgan fingerprint density at radius 1 is 1.11 bits per heavy atom. The van der Waals surface area contributed by atoms with Crippen LogP contribution < -0.4 is 0 Å². The molecule has 3 aliphatic rings. The lowest BCUT2D eigenvalue weighted by Crippen LogP contribution is -2.60. The van der Waals surface area contributed by atoms with Gasteiger partial charge in [0.05, 0.1) is 0 Å². The maximum Gasteiger partial charge on any atom is 0.0499 e. The summed E-state index contributed by atoms with van der Waals surface area (Å²) in [7, 11) is 0. The number of hydrogen-bond donors (Lipinski definition) is 1. The van der Waals surface area contributed by atoms with Gasteiger partial charge in [0.25, 0.3) is 0 Å². The van der Waals surface area contributed by atoms with Gasteiger partial charge in [-0.15, -0.1) is 0 Å². The van der Waals surface area contributed by atoms with E-state index in [0.717, 1.165) is 12.6 Å². The first-order valence-electron chi connectivity index (χ1n) is 8.31. The molecule has 0 aromatic carbocycles. The lowest BCUT2D eigenvalue weighted by molar-refractivity contribution is -0.0179. The normalized spacial score (nSPS) is 36.3. The van der Waals surface area contributed by atoms with Crippen LogP contribution >= 0.6 is 0 Å². The van der Waals surface area contributed by atoms with E-state index in [1.54, 1.807) is 0 Å². The van der Waals surface area contributed by atoms with Crippen molar-refractivity contribution >= 4 is 0 Å². The zero-order chi connectivity index (χ0) is 13.3. The number of aliphatic hydroxyl groups is 1. The number of rotatable bonds is 3. The zero-order valence-corrected chi connectivity index (χ0v) is 12.5. The first-order valence-corrected chi connectivity index (χ1v) is 8.31. The Morgan fingerprint density at radius 3 is 2.63 bits per heavy atom. The molecule has 19 heavy (non-hydrogen) atoms. The third kappa shape index (κ3) is 2.84. The van der Waals surface area contributed by atoms with Crippen molar-refractivity contribution in [1.29, 1.82) is 0 Å². The SMILES string of the molecule is CC1CN2CCCCC2CN1CC1(CO)CCCC1. The molecule has 2 atom stereocenters. The second kappa shape index (κ2) is 5.71. The molecular weight excluding hydrogens is 236 g/mol. The molecule has 0 amide bonds. The lowest BCUT2D eigenvalue weighted by Gasteiger charge is -2.49. The summed E-state index contributed by atoms with van der Waals surface area (Å²) in [6, 6.07) is 1.46. The first kappa shape index (κ1) is 13.8. The van der Waals surface area contributed by atoms with Crippen LogP contribution in [0.5, 0.6) is 0 Å². The molecule has 3 heteroatoms. The molecule has 0 spiro atoms. The predicted molar refractivity (Wildman–Crippen MR) is 78.2 cm³/mol. The topological polar surface area (TPSA) is 26.7 Å². The minimum absolute atomic E-state index is 0.227. The standard InChI is InChI=1S/C16H30N2O/c1-14-10-17-9-5-2-6-15(17)11-18(14)12-16(13-19)7-3-4-8-16/h14-15,19H,2-13H2,1H3. The maximum absolute atomic E-state index is 9.83. The van der Waals surface area contributed by atoms with Gasteiger partial charge in [0.15, 0.2) is 0 Å². The summed E-state index contributed by atoms with van der Waals surface area (Å²) in [5.74, 6) is 0. The van der Waals surface area contributed by atoms with E-state index in [0.29, 0.717) is 12.6 Å². The molecule has 3 rings (SSSR count). The molecule has 110 valence electrons. The molecule has 1 N–H and O–H groups in total. The maximum atomic E-state index is 9.83. The Bertz CT molecular complexity index is 301. The molecule has 0 aromatic rings. The minimum atomic E-state index is 0.227. The number of hydrogen-bond acceptors (Lipinski definition) is 3. The van der Waals surface area contributed by atoms with Crippen molar-refractivity contribution in [3.8, 4) is 0 Å². The summed E-state index contributed by atoms with van der Waals surface area (Å²) in [6.07, 6.45) is 9.30. The number of piperidine rings is 1. The van der Waals surface area contributed by atoms with Crippen molar-refractivity contribution in [2.75, 3.05) is 32.8 Å². The van der Waals surface area contributed by atoms with Crippen LogP contribution in [0.4, 0.5) is 0 Å². The van der Waals surface area contributed by atoms with E-state index in [2.05, 4.69) is 16.7 Å². The van der Waals surface area contributed by atoms with Gasteiger partial charge in [0.2, 0.25) is 0 Å². The van der Waals surface area contributed by atoms with Crippen LogP contribution in [0.15, 0.2) is 0 Å². The number of nitrogens with zero attached hydrogens (tertiary/aromatic N) is 2. The Labute approximate surface area is 118 Å². The van der Waals surface area contributed by atoms with E-state index in [-0.39, 0.29) is 5.41 Å². The number of fused-ring (bicyclic) bond motifs is 1. The molecule has 2 heterocycles. The molecule has 3 fully saturated rings. The summed E-state index contributed by atoms with van der Waals surface area (Å²) in [5.41, 5.74) is 0.227. The highest BCUT2D eigenvalue weighted by Crippen LogP contribution is 2.39. The second-order valence-corrected chi connectivity index (χ2v) is 7.29. The van der Waals surface area contributed by atoms with E-state index in [4.69, 9.17) is 0 Å². The molecule has 0 radical (unpaired) electrons. The first-order chi connectivity index (χ1) is 9.22. The second-order valence-electron chi connectivity index (χ2n) is 7.29. The molecule has 2 aliphatic heterocycles. The summed E-state index contributed by atoms with van der Waals surface area (Å²) in [4.78, 5) is 5.40. The quantitative estimate of drug-likeness (QED) is 0.847. The molecule has 0 aromatic heterocycles. The van der Waals surface area contributed by atoms with Crippen LogP contribution in [-0.4, -0.2) is 59.8 Å². The molecular formula is C16H30N2O. The summed E-state index contributed by atoms with van der Waals surface area (Å²) >= 11 is 0. The van der Waals surface area contributed by atoms with Crippen LogP contribution in [0.1, 0.15) is 51.9 Å². The molecule has 0 bridgehead atoms. The van der Waals surface area contributed by atoms with E-state index >= 15 is 0 Å². The van der Waals surface area contributed by atoms with Gasteiger partial charge < -0.3 is 5.11 Å². The highest BCUT2D eigenvalue weighted by Gasteiger charge is 2.39. The average Bonchev–Trinajstić information content (AvgIpc) is 2.89. The summed E-state index contributed by atoms with van der Waals surface area (Å²) < 4.78 is 0. The van der Waals surface area contributed by atoms with Crippen LogP contribution in [0.3, 0.4) is 0 Å². The Morgan fingerprint density at radius 2 is 1.89 bits per heavy atom. The highest BCUT2D eigenvalue weighted by atomic mass is 16.3. The average molecular weight is 266 g/mol. The van der Waals surface area contributed by atoms with Crippen LogP contribution in [-0.2, 0) is 0 Å². The lowest BCUT2D eigenvalue weighted by atomic mass is 9.85. The van der Waals surface area contributed by atoms with Gasteiger partial charge in [-0.3, -0.25) is 9.80 Å². The molecule has 3 nitrogen and oxygen atoms in total. The van der Waals surface area contributed by atoms with Crippen LogP contribution in [0.2, 0.25) is 0 Å². The molecule has 1 aliphatic carbocycles. The van der Waals surface area contributed by atoms with Gasteiger partial charge >= 0.3 is 0 Å². The Kier molecular flexibility index (Phi) is 4.16. The van der Waals surface area contributed by atoms with Crippen molar-refractivity contribution in [3.63, 3.8) is 0 Å². The number of aliphatic hydroxyl groups excluding tert-OH is 1. The van der Waals surface area contributed by atoms with Gasteiger partial charge in [-0.1, -0.05) is 19.3 Å². The Balaban J connectivity index is 1.63. The van der Waals surface area contributed by atoms with Crippen molar-refractivity contribution in [2.45, 2.75) is 64.0 Å². The third-order valence-electron chi connectivity index (χ3n) is 5.85. The van der Waals surface area contributed by atoms with Gasteiger partial charge in [0.1, 0.15) is 0 Å². The predicted octanol–water partition coefficient (Wildman–Crippen LogP) is 2.10. The largest absolute Gasteiger partial charge is 0.396 e. The third-order valence-corrected chi connectivity index (χ3v) is 5.85. The van der Waals surface area contributed by atoms with Crippen molar-refractivity contribution in [2.24, 2.45) is 5.41 Å². The highest BCUT2D eigenvalue weighted by molar-refractivity contribution is 4.94. The fourth-order valence-corrected chi connectivity index (χ4v) is 4.56. The molecule has 2 saturated heterocycles. The van der Waals surface area contributed by atoms with Gasteiger partial charge in [-0.25, -0.2) is 0 Å². The van der Waals surface area contributed by atoms with Crippen molar-refractivity contribution < 1.29 is 5.11 Å². The fourth-order valence-electron chi connectivity index (χ4n) is 4.56. The summed E-state index contributed by atoms with van der Waals surface area (Å²) in [6.45, 7) is 7.70. The van der Waals surface area contributed by atoms with Gasteiger partial charge in [0, 0.05) is 43.7 Å². The monoisotopic (exact) mass is 266 g/mol. The van der Waals surface area contributed by atoms with Crippen LogP contribution in [0.25, 0.3) is 0 Å².